The molecule has 0 fully saturated rings. The summed E-state index contributed by atoms with van der Waals surface area (Å²) in [6.07, 6.45) is 23.1. The van der Waals surface area contributed by atoms with E-state index in [-0.39, 0.29) is 0 Å². The molecule has 0 saturated carbocycles. The van der Waals surface area contributed by atoms with Crippen LogP contribution in [0.3, 0.4) is 0 Å². The van der Waals surface area contributed by atoms with E-state index >= 15 is 0 Å². The molecule has 198 valence electrons. The largest absolute Gasteiger partial charge is 0.416 e. The van der Waals surface area contributed by atoms with E-state index in [0.717, 1.165) is 37.7 Å². The number of hydrogen-bond donors (Lipinski definition) is 1. The zero-order chi connectivity index (χ0) is 24.6. The molecule has 3 nitrogen and oxygen atoms in total. The van der Waals surface area contributed by atoms with Gasteiger partial charge < -0.3 is 9.74 Å². The van der Waals surface area contributed by atoms with Crippen molar-refractivity contribution in [1.29, 1.82) is 0 Å². The molecule has 0 aromatic heterocycles. The molecule has 33 heavy (non-hydrogen) atoms. The monoisotopic (exact) mass is 501 g/mol. The van der Waals surface area contributed by atoms with Gasteiger partial charge in [-0.05, 0) is 45.4 Å². The van der Waals surface area contributed by atoms with Gasteiger partial charge in [0.05, 0.1) is 0 Å². The van der Waals surface area contributed by atoms with Crippen molar-refractivity contribution >= 4 is 25.2 Å². The Bertz CT molecular complexity index is 434. The van der Waals surface area contributed by atoms with Crippen LogP contribution in [0.25, 0.3) is 0 Å². The van der Waals surface area contributed by atoms with Crippen LogP contribution in [0.2, 0.25) is 19.1 Å². The maximum Gasteiger partial charge on any atom is 0.188 e. The normalized spacial score (nSPS) is 12.9. The molecule has 0 amide bonds. The second-order valence-corrected chi connectivity index (χ2v) is 16.0. The third-order valence-corrected chi connectivity index (χ3v) is 10.2. The molecular formula is C28H59NO2SSi. The van der Waals surface area contributed by atoms with Crippen molar-refractivity contribution in [2.24, 2.45) is 0 Å². The van der Waals surface area contributed by atoms with E-state index < -0.39 is 8.32 Å². The zero-order valence-corrected chi connectivity index (χ0v) is 25.0. The van der Waals surface area contributed by atoms with Crippen molar-refractivity contribution in [1.82, 2.24) is 5.32 Å². The minimum absolute atomic E-state index is 0.388. The molecular weight excluding hydrogens is 442 g/mol. The van der Waals surface area contributed by atoms with Crippen molar-refractivity contribution in [3.63, 3.8) is 0 Å². The molecule has 0 aliphatic rings. The summed E-state index contributed by atoms with van der Waals surface area (Å²) in [6, 6.07) is 1.63. The number of carbonyl (C=O) groups is 1. The first-order valence-electron chi connectivity index (χ1n) is 14.4. The van der Waals surface area contributed by atoms with Crippen LogP contribution < -0.4 is 5.32 Å². The van der Waals surface area contributed by atoms with Crippen molar-refractivity contribution < 1.29 is 9.22 Å². The molecule has 0 bridgehead atoms. The van der Waals surface area contributed by atoms with Gasteiger partial charge in [0.1, 0.15) is 0 Å². The predicted octanol–water partition coefficient (Wildman–Crippen LogP) is 9.12. The van der Waals surface area contributed by atoms with Gasteiger partial charge in [-0.15, -0.1) is 0 Å². The molecule has 0 aliphatic heterocycles. The number of nitrogens with one attached hydrogen (secondary N) is 1. The van der Waals surface area contributed by atoms with E-state index in [9.17, 15) is 4.79 Å². The Balaban J connectivity index is 3.72. The molecule has 1 unspecified atom stereocenters. The van der Waals surface area contributed by atoms with E-state index in [4.69, 9.17) is 4.43 Å². The van der Waals surface area contributed by atoms with Crippen LogP contribution in [0.1, 0.15) is 129 Å². The molecule has 0 aromatic carbocycles. The molecule has 5 heteroatoms. The fraction of sp³-hybridized carbons (Fsp3) is 0.964. The van der Waals surface area contributed by atoms with Crippen LogP contribution in [0, 0.1) is 0 Å². The third-order valence-electron chi connectivity index (χ3n) is 6.66. The summed E-state index contributed by atoms with van der Waals surface area (Å²) in [6.45, 7) is 10.0. The Morgan fingerprint density at radius 2 is 1.30 bits per heavy atom. The highest BCUT2D eigenvalue weighted by molar-refractivity contribution is 8.13. The van der Waals surface area contributed by atoms with Gasteiger partial charge in [-0.2, -0.15) is 0 Å². The highest BCUT2D eigenvalue weighted by Crippen LogP contribution is 2.19. The molecule has 1 N–H and O–H groups in total. The van der Waals surface area contributed by atoms with Crippen LogP contribution in [0.4, 0.5) is 0 Å². The first-order valence-corrected chi connectivity index (χ1v) is 18.5. The van der Waals surface area contributed by atoms with Gasteiger partial charge in [0.25, 0.3) is 0 Å². The highest BCUT2D eigenvalue weighted by Gasteiger charge is 2.23. The Labute approximate surface area is 213 Å². The van der Waals surface area contributed by atoms with Crippen LogP contribution in [-0.4, -0.2) is 38.9 Å². The number of likely N-dealkylation sites (N-methyl/N-ethyl adjacent to an activating group) is 1. The Kier molecular flexibility index (Phi) is 24.0. The predicted molar refractivity (Wildman–Crippen MR) is 153 cm³/mol. The van der Waals surface area contributed by atoms with Gasteiger partial charge in [0.2, 0.25) is 0 Å². The fourth-order valence-electron chi connectivity index (χ4n) is 4.22. The molecule has 0 aliphatic carbocycles. The zero-order valence-electron chi connectivity index (χ0n) is 23.2. The Morgan fingerprint density at radius 1 is 0.788 bits per heavy atom. The maximum absolute atomic E-state index is 12.0. The third kappa shape index (κ3) is 23.7. The summed E-state index contributed by atoms with van der Waals surface area (Å²) < 4.78 is 6.42. The molecule has 0 spiro atoms. The van der Waals surface area contributed by atoms with E-state index in [0.29, 0.717) is 11.2 Å². The number of rotatable bonds is 25. The Morgan fingerprint density at radius 3 is 1.85 bits per heavy atom. The molecule has 0 heterocycles. The van der Waals surface area contributed by atoms with E-state index in [1.54, 1.807) is 11.8 Å². The quantitative estimate of drug-likeness (QED) is 0.0999. The Hall–Kier alpha value is 0.157. The first-order chi connectivity index (χ1) is 15.9. The summed E-state index contributed by atoms with van der Waals surface area (Å²) >= 11 is 1.55. The fourth-order valence-corrected chi connectivity index (χ4v) is 7.10. The summed E-state index contributed by atoms with van der Waals surface area (Å²) in [4.78, 5) is 12.0. The van der Waals surface area contributed by atoms with Crippen LogP contribution in [0.15, 0.2) is 0 Å². The van der Waals surface area contributed by atoms with E-state index in [1.165, 1.54) is 96.3 Å². The van der Waals surface area contributed by atoms with Gasteiger partial charge in [-0.1, -0.05) is 116 Å². The van der Waals surface area contributed by atoms with Crippen molar-refractivity contribution in [2.75, 3.05) is 19.4 Å². The minimum atomic E-state index is -1.64. The second-order valence-electron chi connectivity index (χ2n) is 10.5. The SMILES string of the molecule is CCCCCCCCCCCCC(CO[Si](C)(C)CCCSC(=O)CCCCCCC)NC. The summed E-state index contributed by atoms with van der Waals surface area (Å²) in [5.74, 6) is 0.960. The smallest absolute Gasteiger partial charge is 0.188 e. The molecule has 0 aromatic rings. The number of unbranched alkanes of at least 4 members (excludes halogenated alkanes) is 13. The van der Waals surface area contributed by atoms with Crippen LogP contribution in [0.5, 0.6) is 0 Å². The van der Waals surface area contributed by atoms with Gasteiger partial charge in [-0.25, -0.2) is 0 Å². The van der Waals surface area contributed by atoms with Crippen molar-refractivity contribution in [2.45, 2.75) is 155 Å². The highest BCUT2D eigenvalue weighted by atomic mass is 32.2. The molecule has 0 radical (unpaired) electrons. The second kappa shape index (κ2) is 23.9. The van der Waals surface area contributed by atoms with E-state index in [2.05, 4.69) is 39.3 Å². The molecule has 0 saturated heterocycles. The number of hydrogen-bond acceptors (Lipinski definition) is 4. The minimum Gasteiger partial charge on any atom is -0.416 e. The topological polar surface area (TPSA) is 38.3 Å². The van der Waals surface area contributed by atoms with Crippen molar-refractivity contribution in [3.05, 3.63) is 0 Å². The summed E-state index contributed by atoms with van der Waals surface area (Å²) in [5, 5.41) is 3.86. The standard InChI is InChI=1S/C28H59NO2SSi/c1-6-8-10-12-13-14-15-16-18-19-22-27(29-3)26-31-33(4,5)25-21-24-32-28(30)23-20-17-11-9-7-2/h27,29H,6-26H2,1-5H3. The molecule has 1 atom stereocenters. The van der Waals surface area contributed by atoms with E-state index in [1.807, 2.05) is 0 Å². The lowest BCUT2D eigenvalue weighted by Crippen LogP contribution is -2.38. The van der Waals surface area contributed by atoms with Crippen LogP contribution >= 0.6 is 11.8 Å². The van der Waals surface area contributed by atoms with Crippen LogP contribution in [-0.2, 0) is 9.22 Å². The summed E-state index contributed by atoms with van der Waals surface area (Å²) in [7, 11) is 0.434. The number of carbonyl (C=O) groups excluding carboxylic acids is 1. The maximum atomic E-state index is 12.0. The lowest BCUT2D eigenvalue weighted by atomic mass is 10.0. The lowest BCUT2D eigenvalue weighted by Gasteiger charge is -2.26. The van der Waals surface area contributed by atoms with Gasteiger partial charge >= 0.3 is 0 Å². The lowest BCUT2D eigenvalue weighted by molar-refractivity contribution is -0.111. The first kappa shape index (κ1) is 33.2. The average molecular weight is 502 g/mol. The molecule has 0 rings (SSSR count). The van der Waals surface area contributed by atoms with Gasteiger partial charge in [0, 0.05) is 24.8 Å². The van der Waals surface area contributed by atoms with Gasteiger partial charge in [-0.3, -0.25) is 4.79 Å². The van der Waals surface area contributed by atoms with Gasteiger partial charge in [0.15, 0.2) is 13.4 Å². The average Bonchev–Trinajstić information content (AvgIpc) is 2.79. The summed E-state index contributed by atoms with van der Waals surface area (Å²) in [5.41, 5.74) is 0. The number of thioether (sulfide) groups is 1. The van der Waals surface area contributed by atoms with Crippen molar-refractivity contribution in [3.8, 4) is 0 Å².